The van der Waals surface area contributed by atoms with Crippen molar-refractivity contribution in [2.45, 2.75) is 26.3 Å². The summed E-state index contributed by atoms with van der Waals surface area (Å²) in [5, 5.41) is 17.5. The number of nitro benzene ring substituents is 1. The smallest absolute Gasteiger partial charge is 0.269 e. The van der Waals surface area contributed by atoms with Crippen LogP contribution in [0.2, 0.25) is 0 Å². The highest BCUT2D eigenvalue weighted by atomic mass is 16.6. The molecule has 106 valence electrons. The first kappa shape index (κ1) is 14.1. The van der Waals surface area contributed by atoms with Crippen LogP contribution in [0.25, 0.3) is 0 Å². The minimum Gasteiger partial charge on any atom is -0.321 e. The molecule has 2 rings (SSSR count). The number of rotatable bonds is 5. The minimum absolute atomic E-state index is 0.0776. The Morgan fingerprint density at radius 3 is 2.55 bits per heavy atom. The zero-order valence-electron chi connectivity index (χ0n) is 11.4. The van der Waals surface area contributed by atoms with Gasteiger partial charge < -0.3 is 5.73 Å². The molecule has 0 saturated carbocycles. The van der Waals surface area contributed by atoms with Crippen LogP contribution in [0.15, 0.2) is 24.3 Å². The second-order valence-electron chi connectivity index (χ2n) is 5.01. The van der Waals surface area contributed by atoms with Gasteiger partial charge in [0.25, 0.3) is 5.69 Å². The summed E-state index contributed by atoms with van der Waals surface area (Å²) in [7, 11) is 0. The van der Waals surface area contributed by atoms with E-state index in [1.807, 2.05) is 13.8 Å². The molecule has 0 aliphatic carbocycles. The van der Waals surface area contributed by atoms with Gasteiger partial charge in [-0.1, -0.05) is 26.0 Å². The van der Waals surface area contributed by atoms with Crippen molar-refractivity contribution < 1.29 is 4.92 Å². The molecule has 7 heteroatoms. The molecular formula is C13H17N5O2. The van der Waals surface area contributed by atoms with E-state index in [-0.39, 0.29) is 17.6 Å². The van der Waals surface area contributed by atoms with Crippen LogP contribution in [0.4, 0.5) is 5.69 Å². The zero-order chi connectivity index (χ0) is 14.7. The molecule has 0 fully saturated rings. The second-order valence-corrected chi connectivity index (χ2v) is 5.01. The number of hydrogen-bond acceptors (Lipinski definition) is 5. The lowest BCUT2D eigenvalue weighted by Crippen LogP contribution is -2.18. The highest BCUT2D eigenvalue weighted by Crippen LogP contribution is 2.17. The molecule has 0 bridgehead atoms. The summed E-state index contributed by atoms with van der Waals surface area (Å²) in [4.78, 5) is 14.5. The Bertz CT molecular complexity index is 591. The molecule has 0 aliphatic heterocycles. The number of nitrogens with two attached hydrogens (primary N) is 1. The molecule has 0 saturated heterocycles. The van der Waals surface area contributed by atoms with E-state index in [9.17, 15) is 10.1 Å². The number of benzene rings is 1. The van der Waals surface area contributed by atoms with E-state index in [0.29, 0.717) is 18.1 Å². The number of hydrogen-bond donors (Lipinski definition) is 2. The van der Waals surface area contributed by atoms with Crippen molar-refractivity contribution in [2.24, 2.45) is 11.7 Å². The van der Waals surface area contributed by atoms with Gasteiger partial charge in [0.15, 0.2) is 5.82 Å². The van der Waals surface area contributed by atoms with Crippen molar-refractivity contribution in [3.63, 3.8) is 0 Å². The number of nitrogens with zero attached hydrogens (tertiary/aromatic N) is 3. The number of nitrogens with one attached hydrogen (secondary N) is 1. The number of nitro groups is 1. The van der Waals surface area contributed by atoms with Gasteiger partial charge in [-0.2, -0.15) is 5.10 Å². The van der Waals surface area contributed by atoms with Gasteiger partial charge in [0, 0.05) is 18.6 Å². The van der Waals surface area contributed by atoms with E-state index in [1.54, 1.807) is 12.1 Å². The Balaban J connectivity index is 2.08. The van der Waals surface area contributed by atoms with Gasteiger partial charge in [0.2, 0.25) is 0 Å². The first-order valence-corrected chi connectivity index (χ1v) is 6.37. The fraction of sp³-hybridized carbons (Fsp3) is 0.385. The quantitative estimate of drug-likeness (QED) is 0.640. The van der Waals surface area contributed by atoms with Crippen LogP contribution in [0, 0.1) is 16.0 Å². The molecule has 1 heterocycles. The molecule has 0 aliphatic rings. The maximum absolute atomic E-state index is 10.6. The Labute approximate surface area is 116 Å². The van der Waals surface area contributed by atoms with E-state index in [4.69, 9.17) is 5.73 Å². The van der Waals surface area contributed by atoms with E-state index >= 15 is 0 Å². The van der Waals surface area contributed by atoms with Gasteiger partial charge in [-0.05, 0) is 11.5 Å². The molecule has 0 amide bonds. The van der Waals surface area contributed by atoms with Gasteiger partial charge in [0.1, 0.15) is 5.82 Å². The van der Waals surface area contributed by atoms with Crippen LogP contribution in [-0.4, -0.2) is 20.1 Å². The standard InChI is InChI=1S/C13H17N5O2/c1-8(2)12(14)13-15-11(16-17-13)7-9-3-5-10(6-4-9)18(19)20/h3-6,8,12H,7,14H2,1-2H3,(H,15,16,17)/t12-/m1/s1. The largest absolute Gasteiger partial charge is 0.321 e. The van der Waals surface area contributed by atoms with Crippen LogP contribution in [-0.2, 0) is 6.42 Å². The highest BCUT2D eigenvalue weighted by molar-refractivity contribution is 5.33. The van der Waals surface area contributed by atoms with E-state index in [1.165, 1.54) is 12.1 Å². The lowest BCUT2D eigenvalue weighted by Gasteiger charge is -2.10. The lowest BCUT2D eigenvalue weighted by atomic mass is 10.1. The lowest BCUT2D eigenvalue weighted by molar-refractivity contribution is -0.384. The maximum atomic E-state index is 10.6. The SMILES string of the molecule is CC(C)[C@@H](N)c1n[nH]c(Cc2ccc([N+](=O)[O-])cc2)n1. The summed E-state index contributed by atoms with van der Waals surface area (Å²) in [6, 6.07) is 6.18. The molecular weight excluding hydrogens is 258 g/mol. The molecule has 20 heavy (non-hydrogen) atoms. The number of aromatic nitrogens is 3. The first-order valence-electron chi connectivity index (χ1n) is 6.37. The number of non-ortho nitro benzene ring substituents is 1. The predicted octanol–water partition coefficient (Wildman–Crippen LogP) is 1.96. The monoisotopic (exact) mass is 275 g/mol. The minimum atomic E-state index is -0.419. The third-order valence-electron chi connectivity index (χ3n) is 3.08. The van der Waals surface area contributed by atoms with Crippen LogP contribution < -0.4 is 5.73 Å². The summed E-state index contributed by atoms with van der Waals surface area (Å²) in [6.45, 7) is 4.02. The third kappa shape index (κ3) is 3.18. The first-order chi connectivity index (χ1) is 9.47. The van der Waals surface area contributed by atoms with E-state index < -0.39 is 4.92 Å². The fourth-order valence-electron chi connectivity index (χ4n) is 1.77. The Hall–Kier alpha value is -2.28. The van der Waals surface area contributed by atoms with Gasteiger partial charge in [-0.15, -0.1) is 0 Å². The molecule has 2 aromatic rings. The third-order valence-corrected chi connectivity index (χ3v) is 3.08. The van der Waals surface area contributed by atoms with Crippen LogP contribution in [0.3, 0.4) is 0 Å². The molecule has 7 nitrogen and oxygen atoms in total. The van der Waals surface area contributed by atoms with Gasteiger partial charge in [0.05, 0.1) is 11.0 Å². The molecule has 1 aromatic heterocycles. The van der Waals surface area contributed by atoms with Crippen molar-refractivity contribution >= 4 is 5.69 Å². The average Bonchev–Trinajstić information content (AvgIpc) is 2.86. The van der Waals surface area contributed by atoms with Crippen molar-refractivity contribution in [2.75, 3.05) is 0 Å². The molecule has 1 atom stereocenters. The summed E-state index contributed by atoms with van der Waals surface area (Å²) in [6.07, 6.45) is 0.538. The number of H-pyrrole nitrogens is 1. The fourth-order valence-corrected chi connectivity index (χ4v) is 1.77. The molecule has 0 radical (unpaired) electrons. The van der Waals surface area contributed by atoms with E-state index in [0.717, 1.165) is 5.56 Å². The summed E-state index contributed by atoms with van der Waals surface area (Å²) in [5.41, 5.74) is 6.98. The molecule has 0 unspecified atom stereocenters. The summed E-state index contributed by atoms with van der Waals surface area (Å²) < 4.78 is 0. The average molecular weight is 275 g/mol. The number of aromatic amines is 1. The zero-order valence-corrected chi connectivity index (χ0v) is 11.4. The predicted molar refractivity (Wildman–Crippen MR) is 74.1 cm³/mol. The summed E-state index contributed by atoms with van der Waals surface area (Å²) in [5.74, 6) is 1.56. The summed E-state index contributed by atoms with van der Waals surface area (Å²) >= 11 is 0. The Morgan fingerprint density at radius 1 is 1.35 bits per heavy atom. The normalized spacial score (nSPS) is 12.6. The molecule has 1 aromatic carbocycles. The van der Waals surface area contributed by atoms with Crippen molar-refractivity contribution in [1.82, 2.24) is 15.2 Å². The Kier molecular flexibility index (Phi) is 4.09. The van der Waals surface area contributed by atoms with E-state index in [2.05, 4.69) is 15.2 Å². The van der Waals surface area contributed by atoms with Gasteiger partial charge >= 0.3 is 0 Å². The van der Waals surface area contributed by atoms with Crippen molar-refractivity contribution in [3.05, 3.63) is 51.6 Å². The second kappa shape index (κ2) is 5.79. The molecule has 0 spiro atoms. The van der Waals surface area contributed by atoms with Crippen LogP contribution in [0.5, 0.6) is 0 Å². The topological polar surface area (TPSA) is 111 Å². The van der Waals surface area contributed by atoms with Gasteiger partial charge in [-0.3, -0.25) is 15.2 Å². The highest BCUT2D eigenvalue weighted by Gasteiger charge is 2.16. The van der Waals surface area contributed by atoms with Crippen molar-refractivity contribution in [1.29, 1.82) is 0 Å². The maximum Gasteiger partial charge on any atom is 0.269 e. The molecule has 3 N–H and O–H groups in total. The Morgan fingerprint density at radius 2 is 2.00 bits per heavy atom. The van der Waals surface area contributed by atoms with Crippen LogP contribution in [0.1, 0.15) is 37.1 Å². The van der Waals surface area contributed by atoms with Gasteiger partial charge in [-0.25, -0.2) is 4.98 Å². The van der Waals surface area contributed by atoms with Crippen molar-refractivity contribution in [3.8, 4) is 0 Å². The van der Waals surface area contributed by atoms with Crippen LogP contribution >= 0.6 is 0 Å².